The summed E-state index contributed by atoms with van der Waals surface area (Å²) in [5, 5.41) is 2.86. The average Bonchev–Trinajstić information content (AvgIpc) is 2.47. The van der Waals surface area contributed by atoms with Crippen LogP contribution in [0.25, 0.3) is 0 Å². The van der Waals surface area contributed by atoms with Crippen molar-refractivity contribution in [2.45, 2.75) is 32.2 Å². The third-order valence-corrected chi connectivity index (χ3v) is 3.35. The molecule has 1 saturated heterocycles. The minimum Gasteiger partial charge on any atom is -0.357 e. The van der Waals surface area contributed by atoms with E-state index in [-0.39, 0.29) is 5.91 Å². The van der Waals surface area contributed by atoms with Gasteiger partial charge in [0.25, 0.3) is 0 Å². The summed E-state index contributed by atoms with van der Waals surface area (Å²) in [6.07, 6.45) is 5.97. The minimum absolute atomic E-state index is 0.00108. The van der Waals surface area contributed by atoms with Crippen LogP contribution in [0.1, 0.15) is 31.2 Å². The summed E-state index contributed by atoms with van der Waals surface area (Å²) in [5.74, 6) is 1.02. The van der Waals surface area contributed by atoms with E-state index in [9.17, 15) is 4.79 Å². The van der Waals surface area contributed by atoms with Crippen molar-refractivity contribution in [3.63, 3.8) is 0 Å². The van der Waals surface area contributed by atoms with Gasteiger partial charge in [-0.15, -0.1) is 0 Å². The maximum Gasteiger partial charge on any atom is 0.221 e. The first kappa shape index (κ1) is 13.8. The fourth-order valence-corrected chi connectivity index (χ4v) is 2.29. The lowest BCUT2D eigenvalue weighted by Crippen LogP contribution is -2.30. The zero-order valence-corrected chi connectivity index (χ0v) is 11.3. The van der Waals surface area contributed by atoms with Gasteiger partial charge in [0.1, 0.15) is 5.82 Å². The van der Waals surface area contributed by atoms with Crippen molar-refractivity contribution in [1.82, 2.24) is 10.3 Å². The molecule has 1 fully saturated rings. The van der Waals surface area contributed by atoms with Crippen LogP contribution >= 0.6 is 0 Å². The summed E-state index contributed by atoms with van der Waals surface area (Å²) in [5.41, 5.74) is 6.43. The Morgan fingerprint density at radius 1 is 1.37 bits per heavy atom. The van der Waals surface area contributed by atoms with E-state index >= 15 is 0 Å². The molecule has 1 aliphatic heterocycles. The van der Waals surface area contributed by atoms with Gasteiger partial charge in [0.05, 0.1) is 0 Å². The molecule has 104 valence electrons. The Labute approximate surface area is 114 Å². The highest BCUT2D eigenvalue weighted by atomic mass is 16.1. The Bertz CT molecular complexity index is 416. The number of amides is 1. The number of anilines is 1. The Morgan fingerprint density at radius 3 is 2.89 bits per heavy atom. The zero-order valence-electron chi connectivity index (χ0n) is 11.3. The Balaban J connectivity index is 1.92. The van der Waals surface area contributed by atoms with E-state index in [4.69, 9.17) is 5.73 Å². The first-order valence-corrected chi connectivity index (χ1v) is 6.96. The topological polar surface area (TPSA) is 71.2 Å². The monoisotopic (exact) mass is 262 g/mol. The van der Waals surface area contributed by atoms with E-state index in [1.807, 2.05) is 12.3 Å². The van der Waals surface area contributed by atoms with Crippen LogP contribution in [-0.4, -0.2) is 30.5 Å². The first-order chi connectivity index (χ1) is 9.29. The van der Waals surface area contributed by atoms with E-state index in [1.54, 1.807) is 0 Å². The van der Waals surface area contributed by atoms with Crippen molar-refractivity contribution < 1.29 is 4.79 Å². The van der Waals surface area contributed by atoms with Gasteiger partial charge in [-0.05, 0) is 37.0 Å². The van der Waals surface area contributed by atoms with Crippen molar-refractivity contribution >= 4 is 11.7 Å². The number of hydrogen-bond acceptors (Lipinski definition) is 4. The second-order valence-corrected chi connectivity index (χ2v) is 4.89. The molecule has 3 N–H and O–H groups in total. The molecule has 5 heteroatoms. The molecule has 0 aliphatic carbocycles. The Morgan fingerprint density at radius 2 is 2.16 bits per heavy atom. The third kappa shape index (κ3) is 4.21. The highest BCUT2D eigenvalue weighted by Gasteiger charge is 2.12. The molecule has 0 radical (unpaired) electrons. The van der Waals surface area contributed by atoms with Gasteiger partial charge in [-0.2, -0.15) is 0 Å². The van der Waals surface area contributed by atoms with Gasteiger partial charge in [0.15, 0.2) is 0 Å². The molecule has 19 heavy (non-hydrogen) atoms. The minimum atomic E-state index is -0.00108. The highest BCUT2D eigenvalue weighted by molar-refractivity contribution is 5.76. The third-order valence-electron chi connectivity index (χ3n) is 3.35. The number of carbonyl (C=O) groups is 1. The van der Waals surface area contributed by atoms with E-state index in [1.165, 1.54) is 19.3 Å². The van der Waals surface area contributed by atoms with Gasteiger partial charge in [0.2, 0.25) is 5.91 Å². The second-order valence-electron chi connectivity index (χ2n) is 4.89. The molecule has 1 aromatic heterocycles. The van der Waals surface area contributed by atoms with Crippen LogP contribution in [0.3, 0.4) is 0 Å². The Hall–Kier alpha value is -1.62. The van der Waals surface area contributed by atoms with Crippen LogP contribution in [0.5, 0.6) is 0 Å². The van der Waals surface area contributed by atoms with E-state index in [0.29, 0.717) is 19.5 Å². The summed E-state index contributed by atoms with van der Waals surface area (Å²) in [4.78, 5) is 18.1. The summed E-state index contributed by atoms with van der Waals surface area (Å²) in [6.45, 7) is 3.09. The quantitative estimate of drug-likeness (QED) is 0.831. The predicted molar refractivity (Wildman–Crippen MR) is 75.8 cm³/mol. The number of nitrogens with one attached hydrogen (secondary N) is 1. The molecule has 0 aromatic carbocycles. The number of hydrogen-bond donors (Lipinski definition) is 2. The SMILES string of the molecule is NCCC(=O)NCc1ccnc(N2CCCCC2)c1. The lowest BCUT2D eigenvalue weighted by Gasteiger charge is -2.27. The Kier molecular flexibility index (Phi) is 5.15. The van der Waals surface area contributed by atoms with Crippen molar-refractivity contribution in [1.29, 1.82) is 0 Å². The summed E-state index contributed by atoms with van der Waals surface area (Å²) < 4.78 is 0. The maximum atomic E-state index is 11.4. The van der Waals surface area contributed by atoms with Crippen LogP contribution in [0.15, 0.2) is 18.3 Å². The van der Waals surface area contributed by atoms with Gasteiger partial charge < -0.3 is 16.0 Å². The van der Waals surface area contributed by atoms with E-state index < -0.39 is 0 Å². The predicted octanol–water partition coefficient (Wildman–Crippen LogP) is 1.04. The first-order valence-electron chi connectivity index (χ1n) is 6.96. The molecular formula is C14H22N4O. The molecule has 2 rings (SSSR count). The van der Waals surface area contributed by atoms with Crippen LogP contribution in [0.2, 0.25) is 0 Å². The normalized spacial score (nSPS) is 15.3. The number of pyridine rings is 1. The smallest absolute Gasteiger partial charge is 0.221 e. The number of nitrogens with two attached hydrogens (primary N) is 1. The van der Waals surface area contributed by atoms with E-state index in [2.05, 4.69) is 21.3 Å². The molecule has 0 atom stereocenters. The lowest BCUT2D eigenvalue weighted by molar-refractivity contribution is -0.121. The van der Waals surface area contributed by atoms with Gasteiger partial charge in [-0.3, -0.25) is 4.79 Å². The van der Waals surface area contributed by atoms with Crippen LogP contribution < -0.4 is 16.0 Å². The molecule has 0 unspecified atom stereocenters. The number of aromatic nitrogens is 1. The van der Waals surface area contributed by atoms with Gasteiger partial charge >= 0.3 is 0 Å². The largest absolute Gasteiger partial charge is 0.357 e. The molecule has 0 spiro atoms. The number of piperidine rings is 1. The summed E-state index contributed by atoms with van der Waals surface area (Å²) in [7, 11) is 0. The van der Waals surface area contributed by atoms with Crippen LogP contribution in [0, 0.1) is 0 Å². The average molecular weight is 262 g/mol. The number of nitrogens with zero attached hydrogens (tertiary/aromatic N) is 2. The molecule has 0 bridgehead atoms. The molecular weight excluding hydrogens is 240 g/mol. The molecule has 1 amide bonds. The van der Waals surface area contributed by atoms with Gasteiger partial charge in [0, 0.05) is 38.8 Å². The summed E-state index contributed by atoms with van der Waals surface area (Å²) in [6, 6.07) is 4.00. The van der Waals surface area contributed by atoms with Crippen LogP contribution in [-0.2, 0) is 11.3 Å². The maximum absolute atomic E-state index is 11.4. The van der Waals surface area contributed by atoms with Crippen molar-refractivity contribution in [3.05, 3.63) is 23.9 Å². The van der Waals surface area contributed by atoms with Crippen LogP contribution in [0.4, 0.5) is 5.82 Å². The molecule has 1 aliphatic rings. The molecule has 1 aromatic rings. The number of carbonyl (C=O) groups excluding carboxylic acids is 1. The molecule has 5 nitrogen and oxygen atoms in total. The number of rotatable bonds is 5. The zero-order chi connectivity index (χ0) is 13.5. The van der Waals surface area contributed by atoms with E-state index in [0.717, 1.165) is 24.5 Å². The lowest BCUT2D eigenvalue weighted by atomic mass is 10.1. The molecule has 2 heterocycles. The fraction of sp³-hybridized carbons (Fsp3) is 0.571. The van der Waals surface area contributed by atoms with Crippen molar-refractivity contribution in [3.8, 4) is 0 Å². The van der Waals surface area contributed by atoms with Crippen molar-refractivity contribution in [2.75, 3.05) is 24.5 Å². The van der Waals surface area contributed by atoms with Crippen molar-refractivity contribution in [2.24, 2.45) is 5.73 Å². The van der Waals surface area contributed by atoms with Gasteiger partial charge in [-0.25, -0.2) is 4.98 Å². The standard InChI is InChI=1S/C14H22N4O/c15-6-4-14(19)17-11-12-5-7-16-13(10-12)18-8-2-1-3-9-18/h5,7,10H,1-4,6,8-9,11,15H2,(H,17,19). The fourth-order valence-electron chi connectivity index (χ4n) is 2.29. The molecule has 0 saturated carbocycles. The van der Waals surface area contributed by atoms with Gasteiger partial charge in [-0.1, -0.05) is 0 Å². The summed E-state index contributed by atoms with van der Waals surface area (Å²) >= 11 is 0. The highest BCUT2D eigenvalue weighted by Crippen LogP contribution is 2.18. The second kappa shape index (κ2) is 7.09.